The van der Waals surface area contributed by atoms with Crippen molar-refractivity contribution < 1.29 is 4.74 Å². The molecule has 2 aromatic rings. The van der Waals surface area contributed by atoms with Gasteiger partial charge in [-0.25, -0.2) is 0 Å². The quantitative estimate of drug-likeness (QED) is 0.851. The van der Waals surface area contributed by atoms with E-state index in [2.05, 4.69) is 53.1 Å². The summed E-state index contributed by atoms with van der Waals surface area (Å²) in [4.78, 5) is 0. The zero-order valence-electron chi connectivity index (χ0n) is 12.0. The monoisotopic (exact) mass is 300 g/mol. The summed E-state index contributed by atoms with van der Waals surface area (Å²) in [6, 6.07) is 14.8. The SMILES string of the molecule is S=C(NCc1cccc2ccccc12)NCC1CCCO1. The summed E-state index contributed by atoms with van der Waals surface area (Å²) in [7, 11) is 0. The van der Waals surface area contributed by atoms with Crippen LogP contribution in [0.1, 0.15) is 18.4 Å². The van der Waals surface area contributed by atoms with Crippen molar-refractivity contribution in [2.24, 2.45) is 0 Å². The van der Waals surface area contributed by atoms with Gasteiger partial charge in [0, 0.05) is 19.7 Å². The highest BCUT2D eigenvalue weighted by molar-refractivity contribution is 7.80. The Labute approximate surface area is 130 Å². The maximum absolute atomic E-state index is 5.57. The van der Waals surface area contributed by atoms with Gasteiger partial charge in [-0.15, -0.1) is 0 Å². The first kappa shape index (κ1) is 14.3. The van der Waals surface area contributed by atoms with Crippen LogP contribution < -0.4 is 10.6 Å². The Morgan fingerprint density at radius 1 is 1.14 bits per heavy atom. The van der Waals surface area contributed by atoms with Crippen LogP contribution in [-0.2, 0) is 11.3 Å². The summed E-state index contributed by atoms with van der Waals surface area (Å²) in [5, 5.41) is 9.74. The number of benzene rings is 2. The second-order valence-corrected chi connectivity index (χ2v) is 5.75. The van der Waals surface area contributed by atoms with Crippen molar-refractivity contribution in [1.82, 2.24) is 10.6 Å². The molecule has 2 N–H and O–H groups in total. The summed E-state index contributed by atoms with van der Waals surface area (Å²) in [6.07, 6.45) is 2.59. The van der Waals surface area contributed by atoms with Crippen LogP contribution in [0.5, 0.6) is 0 Å². The molecule has 0 aromatic heterocycles. The molecule has 1 heterocycles. The van der Waals surface area contributed by atoms with Crippen LogP contribution >= 0.6 is 12.2 Å². The van der Waals surface area contributed by atoms with Crippen LogP contribution in [0, 0.1) is 0 Å². The topological polar surface area (TPSA) is 33.3 Å². The number of rotatable bonds is 4. The van der Waals surface area contributed by atoms with Crippen LogP contribution in [-0.4, -0.2) is 24.4 Å². The number of thiocarbonyl (C=S) groups is 1. The lowest BCUT2D eigenvalue weighted by Crippen LogP contribution is -2.39. The first-order valence-corrected chi connectivity index (χ1v) is 7.84. The summed E-state index contributed by atoms with van der Waals surface area (Å²) >= 11 is 5.33. The van der Waals surface area contributed by atoms with Crippen LogP contribution in [0.15, 0.2) is 42.5 Å². The van der Waals surface area contributed by atoms with Crippen LogP contribution in [0.3, 0.4) is 0 Å². The van der Waals surface area contributed by atoms with E-state index in [0.29, 0.717) is 11.2 Å². The van der Waals surface area contributed by atoms with E-state index in [1.807, 2.05) is 0 Å². The van der Waals surface area contributed by atoms with Gasteiger partial charge >= 0.3 is 0 Å². The molecule has 0 spiro atoms. The summed E-state index contributed by atoms with van der Waals surface area (Å²) < 4.78 is 5.57. The highest BCUT2D eigenvalue weighted by Crippen LogP contribution is 2.18. The number of nitrogens with one attached hydrogen (secondary N) is 2. The lowest BCUT2D eigenvalue weighted by Gasteiger charge is -2.14. The van der Waals surface area contributed by atoms with Gasteiger partial charge in [-0.3, -0.25) is 0 Å². The van der Waals surface area contributed by atoms with Crippen LogP contribution in [0.4, 0.5) is 0 Å². The predicted molar refractivity (Wildman–Crippen MR) is 90.4 cm³/mol. The first-order chi connectivity index (χ1) is 10.3. The van der Waals surface area contributed by atoms with Gasteiger partial charge in [0.15, 0.2) is 5.11 Å². The fourth-order valence-corrected chi connectivity index (χ4v) is 2.85. The second-order valence-electron chi connectivity index (χ2n) is 5.34. The predicted octanol–water partition coefficient (Wildman–Crippen LogP) is 2.98. The molecule has 3 rings (SSSR count). The Balaban J connectivity index is 1.54. The second kappa shape index (κ2) is 6.87. The van der Waals surface area contributed by atoms with Crippen molar-refractivity contribution in [2.75, 3.05) is 13.2 Å². The van der Waals surface area contributed by atoms with E-state index >= 15 is 0 Å². The third-order valence-electron chi connectivity index (χ3n) is 3.83. The van der Waals surface area contributed by atoms with Crippen LogP contribution in [0.25, 0.3) is 10.8 Å². The molecule has 0 bridgehead atoms. The molecule has 0 amide bonds. The molecule has 1 fully saturated rings. The Bertz CT molecular complexity index is 618. The van der Waals surface area contributed by atoms with E-state index in [-0.39, 0.29) is 0 Å². The molecule has 1 aliphatic heterocycles. The zero-order chi connectivity index (χ0) is 14.5. The van der Waals surface area contributed by atoms with Crippen molar-refractivity contribution in [2.45, 2.75) is 25.5 Å². The fourth-order valence-electron chi connectivity index (χ4n) is 2.70. The number of fused-ring (bicyclic) bond motifs is 1. The molecule has 1 saturated heterocycles. The summed E-state index contributed by atoms with van der Waals surface area (Å²) in [5.74, 6) is 0. The molecule has 0 radical (unpaired) electrons. The minimum Gasteiger partial charge on any atom is -0.376 e. The van der Waals surface area contributed by atoms with Gasteiger partial charge in [0.25, 0.3) is 0 Å². The third-order valence-corrected chi connectivity index (χ3v) is 4.12. The van der Waals surface area contributed by atoms with E-state index in [1.54, 1.807) is 0 Å². The van der Waals surface area contributed by atoms with E-state index in [4.69, 9.17) is 17.0 Å². The molecule has 1 atom stereocenters. The molecule has 1 unspecified atom stereocenters. The highest BCUT2D eigenvalue weighted by Gasteiger charge is 2.15. The highest BCUT2D eigenvalue weighted by atomic mass is 32.1. The minimum atomic E-state index is 0.308. The first-order valence-electron chi connectivity index (χ1n) is 7.43. The molecule has 0 saturated carbocycles. The summed E-state index contributed by atoms with van der Waals surface area (Å²) in [6.45, 7) is 2.41. The van der Waals surface area contributed by atoms with Crippen molar-refractivity contribution in [3.05, 3.63) is 48.0 Å². The van der Waals surface area contributed by atoms with Crippen molar-refractivity contribution in [1.29, 1.82) is 0 Å². The summed E-state index contributed by atoms with van der Waals surface area (Å²) in [5.41, 5.74) is 1.26. The molecule has 3 nitrogen and oxygen atoms in total. The Hall–Kier alpha value is -1.65. The van der Waals surface area contributed by atoms with Crippen molar-refractivity contribution in [3.8, 4) is 0 Å². The lowest BCUT2D eigenvalue weighted by atomic mass is 10.0. The Morgan fingerprint density at radius 3 is 2.86 bits per heavy atom. The van der Waals surface area contributed by atoms with Crippen LogP contribution in [0.2, 0.25) is 0 Å². The Morgan fingerprint density at radius 2 is 2.00 bits per heavy atom. The molecular weight excluding hydrogens is 280 g/mol. The smallest absolute Gasteiger partial charge is 0.166 e. The maximum Gasteiger partial charge on any atom is 0.166 e. The standard InChI is InChI=1S/C17H20N2OS/c21-17(19-12-15-8-4-10-20-15)18-11-14-7-3-6-13-5-1-2-9-16(13)14/h1-3,5-7,9,15H,4,8,10-12H2,(H2,18,19,21). The molecule has 4 heteroatoms. The van der Waals surface area contributed by atoms with Gasteiger partial charge in [0.05, 0.1) is 6.10 Å². The zero-order valence-corrected chi connectivity index (χ0v) is 12.8. The van der Waals surface area contributed by atoms with Gasteiger partial charge in [-0.1, -0.05) is 42.5 Å². The molecule has 2 aromatic carbocycles. The average Bonchev–Trinajstić information content (AvgIpc) is 3.04. The van der Waals surface area contributed by atoms with Gasteiger partial charge < -0.3 is 15.4 Å². The number of hydrogen-bond donors (Lipinski definition) is 2. The van der Waals surface area contributed by atoms with E-state index < -0.39 is 0 Å². The van der Waals surface area contributed by atoms with Crippen molar-refractivity contribution >= 4 is 28.1 Å². The van der Waals surface area contributed by atoms with E-state index in [1.165, 1.54) is 16.3 Å². The third kappa shape index (κ3) is 3.71. The number of hydrogen-bond acceptors (Lipinski definition) is 2. The van der Waals surface area contributed by atoms with Gasteiger partial charge in [-0.05, 0) is 41.4 Å². The van der Waals surface area contributed by atoms with Gasteiger partial charge in [-0.2, -0.15) is 0 Å². The largest absolute Gasteiger partial charge is 0.376 e. The van der Waals surface area contributed by atoms with Crippen molar-refractivity contribution in [3.63, 3.8) is 0 Å². The molecule has 110 valence electrons. The van der Waals surface area contributed by atoms with E-state index in [9.17, 15) is 0 Å². The molecule has 21 heavy (non-hydrogen) atoms. The van der Waals surface area contributed by atoms with Gasteiger partial charge in [0.2, 0.25) is 0 Å². The normalized spacial score (nSPS) is 17.8. The molecule has 1 aliphatic rings. The Kier molecular flexibility index (Phi) is 4.68. The van der Waals surface area contributed by atoms with Gasteiger partial charge in [0.1, 0.15) is 0 Å². The average molecular weight is 300 g/mol. The molecule has 0 aliphatic carbocycles. The molecular formula is C17H20N2OS. The lowest BCUT2D eigenvalue weighted by molar-refractivity contribution is 0.114. The minimum absolute atomic E-state index is 0.308. The maximum atomic E-state index is 5.57. The number of ether oxygens (including phenoxy) is 1. The fraction of sp³-hybridized carbons (Fsp3) is 0.353. The van der Waals surface area contributed by atoms with E-state index in [0.717, 1.165) is 32.5 Å².